The Bertz CT molecular complexity index is 688. The van der Waals surface area contributed by atoms with Crippen LogP contribution in [0, 0.1) is 0 Å². The van der Waals surface area contributed by atoms with Gasteiger partial charge in [-0.2, -0.15) is 0 Å². The molecule has 3 aliphatic rings. The van der Waals surface area contributed by atoms with E-state index >= 15 is 0 Å². The zero-order valence-corrected chi connectivity index (χ0v) is 16.1. The van der Waals surface area contributed by atoms with Gasteiger partial charge < -0.3 is 24.6 Å². The Labute approximate surface area is 163 Å². The standard InChI is InChI=1S/C20H27NO7/c1-3-4-5-6-7-8-9-10-13(22)21-12(19(24)26-2)11-20(25)17(23)15-14(27-15)16-18(20)28-16/h3-4,9-10,12,14-16,18,25H,5-8,11H2,1-2H3,(H,21,22)/b4-3+,10-9+/t12-,14?,15?,16?,18?,20+/m0/s1. The molecule has 0 radical (unpaired) electrons. The molecule has 2 N–H and O–H groups in total. The Balaban J connectivity index is 1.53. The quantitative estimate of drug-likeness (QED) is 0.183. The van der Waals surface area contributed by atoms with Crippen LogP contribution in [0.15, 0.2) is 24.3 Å². The first-order valence-electron chi connectivity index (χ1n) is 9.66. The number of amides is 1. The number of methoxy groups -OCH3 is 1. The van der Waals surface area contributed by atoms with Crippen molar-refractivity contribution in [3.8, 4) is 0 Å². The number of Topliss-reactive ketones (excluding diaryl/α,β-unsaturated/α-hetero) is 1. The van der Waals surface area contributed by atoms with Crippen LogP contribution in [0.2, 0.25) is 0 Å². The van der Waals surface area contributed by atoms with E-state index in [0.717, 1.165) is 25.7 Å². The molecule has 154 valence electrons. The number of fused-ring (bicyclic) bond motifs is 3. The van der Waals surface area contributed by atoms with Crippen LogP contribution in [0.5, 0.6) is 0 Å². The summed E-state index contributed by atoms with van der Waals surface area (Å²) in [5, 5.41) is 13.4. The van der Waals surface area contributed by atoms with Crippen molar-refractivity contribution >= 4 is 17.7 Å². The molecular weight excluding hydrogens is 366 g/mol. The van der Waals surface area contributed by atoms with E-state index in [-0.39, 0.29) is 18.6 Å². The number of unbranched alkanes of at least 4 members (excludes halogenated alkanes) is 3. The Hall–Kier alpha value is -2.03. The molecule has 1 aliphatic carbocycles. The lowest BCUT2D eigenvalue weighted by Crippen LogP contribution is -2.56. The van der Waals surface area contributed by atoms with Gasteiger partial charge in [0.1, 0.15) is 30.5 Å². The van der Waals surface area contributed by atoms with E-state index in [1.165, 1.54) is 13.2 Å². The molecule has 0 spiro atoms. The van der Waals surface area contributed by atoms with Crippen LogP contribution in [0.25, 0.3) is 0 Å². The van der Waals surface area contributed by atoms with Gasteiger partial charge in [-0.3, -0.25) is 9.59 Å². The third kappa shape index (κ3) is 4.34. The van der Waals surface area contributed by atoms with Crippen molar-refractivity contribution < 1.29 is 33.7 Å². The maximum absolute atomic E-state index is 12.4. The number of aliphatic hydroxyl groups is 1. The number of carbonyl (C=O) groups excluding carboxylic acids is 3. The van der Waals surface area contributed by atoms with Crippen LogP contribution in [-0.2, 0) is 28.6 Å². The fraction of sp³-hybridized carbons (Fsp3) is 0.650. The van der Waals surface area contributed by atoms with Crippen LogP contribution >= 0.6 is 0 Å². The van der Waals surface area contributed by atoms with Gasteiger partial charge in [0.15, 0.2) is 11.4 Å². The van der Waals surface area contributed by atoms with Gasteiger partial charge in [0.25, 0.3) is 0 Å². The molecule has 8 nitrogen and oxygen atoms in total. The molecule has 2 heterocycles. The number of nitrogens with one attached hydrogen (secondary N) is 1. The Morgan fingerprint density at radius 1 is 1.25 bits per heavy atom. The fourth-order valence-electron chi connectivity index (χ4n) is 3.69. The van der Waals surface area contributed by atoms with E-state index in [1.54, 1.807) is 6.08 Å². The summed E-state index contributed by atoms with van der Waals surface area (Å²) in [6.45, 7) is 1.98. The van der Waals surface area contributed by atoms with E-state index in [9.17, 15) is 19.5 Å². The Morgan fingerprint density at radius 3 is 2.64 bits per heavy atom. The van der Waals surface area contributed by atoms with Crippen molar-refractivity contribution in [2.75, 3.05) is 7.11 Å². The summed E-state index contributed by atoms with van der Waals surface area (Å²) in [5.41, 5.74) is -1.87. The van der Waals surface area contributed by atoms with Gasteiger partial charge >= 0.3 is 5.97 Å². The second-order valence-corrected chi connectivity index (χ2v) is 7.38. The molecule has 28 heavy (non-hydrogen) atoms. The molecule has 1 amide bonds. The number of carbonyl (C=O) groups is 3. The number of epoxide rings is 2. The van der Waals surface area contributed by atoms with Crippen LogP contribution in [-0.4, -0.2) is 65.9 Å². The summed E-state index contributed by atoms with van der Waals surface area (Å²) in [6.07, 6.45) is 8.59. The largest absolute Gasteiger partial charge is 0.467 e. The second-order valence-electron chi connectivity index (χ2n) is 7.38. The minimum atomic E-state index is -1.87. The van der Waals surface area contributed by atoms with Crippen molar-refractivity contribution in [1.82, 2.24) is 5.32 Å². The van der Waals surface area contributed by atoms with Crippen molar-refractivity contribution in [1.29, 1.82) is 0 Å². The lowest BCUT2D eigenvalue weighted by molar-refractivity contribution is -0.151. The number of esters is 1. The number of hydrogen-bond donors (Lipinski definition) is 2. The third-order valence-electron chi connectivity index (χ3n) is 5.34. The van der Waals surface area contributed by atoms with Crippen LogP contribution in [0.1, 0.15) is 39.0 Å². The van der Waals surface area contributed by atoms with Crippen molar-refractivity contribution in [2.24, 2.45) is 0 Å². The summed E-state index contributed by atoms with van der Waals surface area (Å²) in [6, 6.07) is -1.16. The molecule has 0 aromatic carbocycles. The minimum absolute atomic E-state index is 0.292. The molecule has 0 aromatic rings. The topological polar surface area (TPSA) is 118 Å². The highest BCUT2D eigenvalue weighted by Gasteiger charge is 2.75. The highest BCUT2D eigenvalue weighted by Crippen LogP contribution is 2.52. The molecule has 6 atom stereocenters. The SMILES string of the molecule is C/C=C/CCCC/C=C/C(=O)N[C@@H](C[C@@]1(O)C(=O)C2OC2C2OC21)C(=O)OC. The van der Waals surface area contributed by atoms with Crippen LogP contribution < -0.4 is 5.32 Å². The maximum Gasteiger partial charge on any atom is 0.328 e. The summed E-state index contributed by atoms with van der Waals surface area (Å²) in [4.78, 5) is 36.7. The molecular formula is C20H27NO7. The van der Waals surface area contributed by atoms with Crippen molar-refractivity contribution in [3.05, 3.63) is 24.3 Å². The fourth-order valence-corrected chi connectivity index (χ4v) is 3.69. The lowest BCUT2D eigenvalue weighted by atomic mass is 9.79. The minimum Gasteiger partial charge on any atom is -0.467 e. The van der Waals surface area contributed by atoms with E-state index in [1.807, 2.05) is 13.0 Å². The van der Waals surface area contributed by atoms with E-state index < -0.39 is 41.5 Å². The van der Waals surface area contributed by atoms with Gasteiger partial charge in [-0.1, -0.05) is 18.2 Å². The molecule has 3 rings (SSSR count). The van der Waals surface area contributed by atoms with Gasteiger partial charge in [-0.05, 0) is 38.7 Å². The van der Waals surface area contributed by atoms with E-state index in [2.05, 4.69) is 11.4 Å². The first-order chi connectivity index (χ1) is 13.4. The third-order valence-corrected chi connectivity index (χ3v) is 5.34. The van der Waals surface area contributed by atoms with Crippen molar-refractivity contribution in [3.63, 3.8) is 0 Å². The average Bonchev–Trinajstić information content (AvgIpc) is 3.56. The molecule has 0 bridgehead atoms. The molecule has 2 saturated heterocycles. The smallest absolute Gasteiger partial charge is 0.328 e. The zero-order chi connectivity index (χ0) is 20.3. The normalized spacial score (nSPS) is 34.0. The Morgan fingerprint density at radius 2 is 1.96 bits per heavy atom. The molecule has 8 heteroatoms. The zero-order valence-electron chi connectivity index (χ0n) is 16.1. The lowest BCUT2D eigenvalue weighted by Gasteiger charge is -2.29. The summed E-state index contributed by atoms with van der Waals surface area (Å²) in [7, 11) is 1.19. The Kier molecular flexibility index (Phi) is 6.32. The molecule has 1 saturated carbocycles. The summed E-state index contributed by atoms with van der Waals surface area (Å²) >= 11 is 0. The molecule has 4 unspecified atom stereocenters. The highest BCUT2D eigenvalue weighted by molar-refractivity contribution is 5.97. The predicted molar refractivity (Wildman–Crippen MR) is 98.3 cm³/mol. The van der Waals surface area contributed by atoms with E-state index in [4.69, 9.17) is 14.2 Å². The predicted octanol–water partition coefficient (Wildman–Crippen LogP) is 0.576. The number of rotatable bonds is 10. The number of ketones is 1. The molecule has 3 fully saturated rings. The van der Waals surface area contributed by atoms with Gasteiger partial charge in [-0.15, -0.1) is 0 Å². The van der Waals surface area contributed by atoms with Crippen LogP contribution in [0.3, 0.4) is 0 Å². The van der Waals surface area contributed by atoms with Crippen molar-refractivity contribution in [2.45, 2.75) is 75.1 Å². The first-order valence-corrected chi connectivity index (χ1v) is 9.66. The van der Waals surface area contributed by atoms with Gasteiger partial charge in [0.05, 0.1) is 7.11 Å². The summed E-state index contributed by atoms with van der Waals surface area (Å²) < 4.78 is 15.3. The van der Waals surface area contributed by atoms with Crippen LogP contribution in [0.4, 0.5) is 0 Å². The van der Waals surface area contributed by atoms with Gasteiger partial charge in [-0.25, -0.2) is 4.79 Å². The number of allylic oxidation sites excluding steroid dienone is 3. The van der Waals surface area contributed by atoms with Gasteiger partial charge in [0.2, 0.25) is 5.91 Å². The average molecular weight is 393 g/mol. The summed E-state index contributed by atoms with van der Waals surface area (Å²) in [5.74, 6) is -1.72. The van der Waals surface area contributed by atoms with E-state index in [0.29, 0.717) is 0 Å². The first kappa shape index (κ1) is 20.7. The number of ether oxygens (including phenoxy) is 3. The molecule has 0 aromatic heterocycles. The number of hydrogen-bond acceptors (Lipinski definition) is 7. The molecule has 2 aliphatic heterocycles. The van der Waals surface area contributed by atoms with Gasteiger partial charge in [0, 0.05) is 6.42 Å². The second kappa shape index (κ2) is 8.55. The monoisotopic (exact) mass is 393 g/mol. The highest BCUT2D eigenvalue weighted by atomic mass is 16.7. The maximum atomic E-state index is 12.4.